The number of hydrogen-bond donors (Lipinski definition) is 1. The van der Waals surface area contributed by atoms with Gasteiger partial charge in [0, 0.05) is 22.3 Å². The Kier molecular flexibility index (Phi) is 4.32. The summed E-state index contributed by atoms with van der Waals surface area (Å²) in [4.78, 5) is 25.3. The first-order chi connectivity index (χ1) is 12.6. The average molecular weight is 382 g/mol. The van der Waals surface area contributed by atoms with Crippen molar-refractivity contribution in [1.82, 2.24) is 0 Å². The van der Waals surface area contributed by atoms with Crippen LogP contribution in [-0.4, -0.2) is 5.91 Å². The van der Waals surface area contributed by atoms with Crippen LogP contribution < -0.4 is 10.7 Å². The molecule has 0 atom stereocenters. The van der Waals surface area contributed by atoms with Crippen LogP contribution in [0.15, 0.2) is 75.3 Å². The monoisotopic (exact) mass is 381 g/mol. The number of rotatable bonds is 3. The lowest BCUT2D eigenvalue weighted by atomic mass is 10.1. The molecule has 26 heavy (non-hydrogen) atoms. The topological polar surface area (TPSA) is 59.3 Å². The molecular formula is C20H12ClNO3S. The molecule has 0 saturated heterocycles. The summed E-state index contributed by atoms with van der Waals surface area (Å²) in [6.07, 6.45) is 0. The molecule has 0 aliphatic carbocycles. The fourth-order valence-electron chi connectivity index (χ4n) is 2.59. The lowest BCUT2D eigenvalue weighted by Crippen LogP contribution is -2.10. The third kappa shape index (κ3) is 3.27. The highest BCUT2D eigenvalue weighted by Gasteiger charge is 2.11. The SMILES string of the molecule is O=C(Nc1ccc2oc(-c3ccc(Cl)cc3)cc(=O)c2c1)c1cccs1. The highest BCUT2D eigenvalue weighted by molar-refractivity contribution is 7.12. The van der Waals surface area contributed by atoms with E-state index in [1.165, 1.54) is 17.4 Å². The van der Waals surface area contributed by atoms with E-state index in [2.05, 4.69) is 5.32 Å². The number of thiophene rings is 1. The molecule has 0 bridgehead atoms. The third-order valence-electron chi connectivity index (χ3n) is 3.86. The number of halogens is 1. The summed E-state index contributed by atoms with van der Waals surface area (Å²) in [6.45, 7) is 0. The molecule has 2 aromatic carbocycles. The van der Waals surface area contributed by atoms with Crippen LogP contribution >= 0.6 is 22.9 Å². The number of fused-ring (bicyclic) bond motifs is 1. The number of carbonyl (C=O) groups excluding carboxylic acids is 1. The molecule has 0 saturated carbocycles. The van der Waals surface area contributed by atoms with E-state index in [0.29, 0.717) is 32.3 Å². The van der Waals surface area contributed by atoms with E-state index in [1.54, 1.807) is 48.5 Å². The third-order valence-corrected chi connectivity index (χ3v) is 4.98. The van der Waals surface area contributed by atoms with E-state index in [4.69, 9.17) is 16.0 Å². The van der Waals surface area contributed by atoms with E-state index >= 15 is 0 Å². The molecule has 6 heteroatoms. The highest BCUT2D eigenvalue weighted by Crippen LogP contribution is 2.25. The smallest absolute Gasteiger partial charge is 0.265 e. The van der Waals surface area contributed by atoms with Gasteiger partial charge in [-0.3, -0.25) is 9.59 Å². The van der Waals surface area contributed by atoms with Crippen LogP contribution in [0.3, 0.4) is 0 Å². The molecule has 0 radical (unpaired) electrons. The molecule has 2 aromatic heterocycles. The van der Waals surface area contributed by atoms with Crippen molar-refractivity contribution >= 4 is 45.5 Å². The van der Waals surface area contributed by atoms with Gasteiger partial charge in [-0.05, 0) is 53.9 Å². The molecule has 4 nitrogen and oxygen atoms in total. The van der Waals surface area contributed by atoms with Gasteiger partial charge in [-0.15, -0.1) is 11.3 Å². The van der Waals surface area contributed by atoms with Crippen LogP contribution in [0.1, 0.15) is 9.67 Å². The van der Waals surface area contributed by atoms with Gasteiger partial charge in [0.25, 0.3) is 5.91 Å². The minimum atomic E-state index is -0.207. The predicted molar refractivity (Wildman–Crippen MR) is 105 cm³/mol. The van der Waals surface area contributed by atoms with Gasteiger partial charge in [-0.2, -0.15) is 0 Å². The Bertz CT molecular complexity index is 1150. The van der Waals surface area contributed by atoms with E-state index < -0.39 is 0 Å². The summed E-state index contributed by atoms with van der Waals surface area (Å²) >= 11 is 7.25. The van der Waals surface area contributed by atoms with Gasteiger partial charge in [-0.1, -0.05) is 17.7 Å². The summed E-state index contributed by atoms with van der Waals surface area (Å²) < 4.78 is 5.85. The summed E-state index contributed by atoms with van der Waals surface area (Å²) in [6, 6.07) is 17.1. The first kappa shape index (κ1) is 16.6. The largest absolute Gasteiger partial charge is 0.456 e. The molecule has 0 aliphatic heterocycles. The fourth-order valence-corrected chi connectivity index (χ4v) is 3.34. The average Bonchev–Trinajstić information content (AvgIpc) is 3.17. The first-order valence-corrected chi connectivity index (χ1v) is 9.05. The van der Waals surface area contributed by atoms with Gasteiger partial charge in [0.1, 0.15) is 11.3 Å². The number of nitrogens with one attached hydrogen (secondary N) is 1. The molecule has 1 amide bonds. The molecule has 0 spiro atoms. The van der Waals surface area contributed by atoms with Gasteiger partial charge in [0.15, 0.2) is 5.43 Å². The maximum Gasteiger partial charge on any atom is 0.265 e. The second-order valence-corrected chi connectivity index (χ2v) is 7.01. The van der Waals surface area contributed by atoms with Crippen molar-refractivity contribution in [1.29, 1.82) is 0 Å². The molecule has 0 fully saturated rings. The zero-order valence-corrected chi connectivity index (χ0v) is 14.9. The minimum absolute atomic E-state index is 0.177. The quantitative estimate of drug-likeness (QED) is 0.515. The predicted octanol–water partition coefficient (Wildman–Crippen LogP) is 5.43. The standard InChI is InChI=1S/C20H12ClNO3S/c21-13-5-3-12(4-6-13)18-11-16(23)15-10-14(7-8-17(15)25-18)22-20(24)19-2-1-9-26-19/h1-11H,(H,22,24). The van der Waals surface area contributed by atoms with Gasteiger partial charge in [-0.25, -0.2) is 0 Å². The van der Waals surface area contributed by atoms with Crippen molar-refractivity contribution in [2.45, 2.75) is 0 Å². The van der Waals surface area contributed by atoms with Crippen LogP contribution in [-0.2, 0) is 0 Å². The van der Waals surface area contributed by atoms with Crippen LogP contribution in [0, 0.1) is 0 Å². The zero-order chi connectivity index (χ0) is 18.1. The molecule has 0 unspecified atom stereocenters. The number of hydrogen-bond acceptors (Lipinski definition) is 4. The summed E-state index contributed by atoms with van der Waals surface area (Å²) in [7, 11) is 0. The van der Waals surface area contributed by atoms with E-state index in [9.17, 15) is 9.59 Å². The Balaban J connectivity index is 1.70. The Morgan fingerprint density at radius 1 is 1.04 bits per heavy atom. The van der Waals surface area contributed by atoms with Crippen molar-refractivity contribution in [2.24, 2.45) is 0 Å². The second kappa shape index (κ2) is 6.78. The van der Waals surface area contributed by atoms with E-state index in [-0.39, 0.29) is 11.3 Å². The first-order valence-electron chi connectivity index (χ1n) is 7.79. The number of anilines is 1. The van der Waals surface area contributed by atoms with Gasteiger partial charge in [0.05, 0.1) is 10.3 Å². The Morgan fingerprint density at radius 2 is 1.85 bits per heavy atom. The lowest BCUT2D eigenvalue weighted by Gasteiger charge is -2.07. The molecule has 2 heterocycles. The van der Waals surface area contributed by atoms with Crippen LogP contribution in [0.2, 0.25) is 5.02 Å². The number of benzene rings is 2. The minimum Gasteiger partial charge on any atom is -0.456 e. The molecular weight excluding hydrogens is 370 g/mol. The van der Waals surface area contributed by atoms with Crippen molar-refractivity contribution in [3.63, 3.8) is 0 Å². The van der Waals surface area contributed by atoms with Crippen LogP contribution in [0.25, 0.3) is 22.3 Å². The second-order valence-electron chi connectivity index (χ2n) is 5.62. The molecule has 4 rings (SSSR count). The number of amides is 1. The van der Waals surface area contributed by atoms with Crippen molar-refractivity contribution in [2.75, 3.05) is 5.32 Å². The number of carbonyl (C=O) groups is 1. The fraction of sp³-hybridized carbons (Fsp3) is 0. The summed E-state index contributed by atoms with van der Waals surface area (Å²) in [5.41, 5.74) is 1.59. The van der Waals surface area contributed by atoms with Gasteiger partial charge >= 0.3 is 0 Å². The highest BCUT2D eigenvalue weighted by atomic mass is 35.5. The van der Waals surface area contributed by atoms with Crippen molar-refractivity contribution in [3.05, 3.63) is 86.2 Å². The summed E-state index contributed by atoms with van der Waals surface area (Å²) in [5.74, 6) is 0.260. The Hall–Kier alpha value is -2.89. The van der Waals surface area contributed by atoms with Crippen molar-refractivity contribution in [3.8, 4) is 11.3 Å². The van der Waals surface area contributed by atoms with Gasteiger partial charge in [0.2, 0.25) is 0 Å². The van der Waals surface area contributed by atoms with E-state index in [1.807, 2.05) is 11.4 Å². The molecule has 0 aliphatic rings. The Morgan fingerprint density at radius 3 is 2.58 bits per heavy atom. The lowest BCUT2D eigenvalue weighted by molar-refractivity contribution is 0.103. The van der Waals surface area contributed by atoms with E-state index in [0.717, 1.165) is 5.56 Å². The molecule has 4 aromatic rings. The summed E-state index contributed by atoms with van der Waals surface area (Å²) in [5, 5.41) is 5.65. The maximum atomic E-state index is 12.5. The van der Waals surface area contributed by atoms with Crippen LogP contribution in [0.5, 0.6) is 0 Å². The normalized spacial score (nSPS) is 10.8. The molecule has 128 valence electrons. The Labute approximate surface area is 157 Å². The molecule has 1 N–H and O–H groups in total. The van der Waals surface area contributed by atoms with Crippen LogP contribution in [0.4, 0.5) is 5.69 Å². The van der Waals surface area contributed by atoms with Gasteiger partial charge < -0.3 is 9.73 Å². The van der Waals surface area contributed by atoms with Crippen molar-refractivity contribution < 1.29 is 9.21 Å². The maximum absolute atomic E-state index is 12.5. The zero-order valence-electron chi connectivity index (χ0n) is 13.4.